The van der Waals surface area contributed by atoms with Crippen LogP contribution in [0.2, 0.25) is 0 Å². The van der Waals surface area contributed by atoms with Crippen LogP contribution in [0, 0.1) is 13.8 Å². The number of rotatable bonds is 9. The monoisotopic (exact) mass is 412 g/mol. The van der Waals surface area contributed by atoms with E-state index in [4.69, 9.17) is 9.47 Å². The summed E-state index contributed by atoms with van der Waals surface area (Å²) in [4.78, 5) is 23.9. The minimum absolute atomic E-state index is 0.0663. The Hall–Kier alpha value is -3.02. The van der Waals surface area contributed by atoms with Gasteiger partial charge in [-0.2, -0.15) is 0 Å². The number of nitrogens with one attached hydrogen (secondary N) is 2. The normalized spacial score (nSPS) is 11.0. The summed E-state index contributed by atoms with van der Waals surface area (Å²) in [5.41, 5.74) is 3.27. The van der Waals surface area contributed by atoms with Crippen molar-refractivity contribution in [1.29, 1.82) is 0 Å². The number of ether oxygens (including phenoxy) is 2. The van der Waals surface area contributed by atoms with E-state index >= 15 is 0 Å². The molecule has 6 nitrogen and oxygen atoms in total. The molecule has 0 aliphatic carbocycles. The molecule has 0 saturated carbocycles. The van der Waals surface area contributed by atoms with Crippen LogP contribution in [0.3, 0.4) is 0 Å². The Labute approximate surface area is 179 Å². The van der Waals surface area contributed by atoms with Gasteiger partial charge in [-0.25, -0.2) is 0 Å². The lowest BCUT2D eigenvalue weighted by atomic mass is 9.85. The van der Waals surface area contributed by atoms with Crippen LogP contribution < -0.4 is 20.1 Å². The minimum Gasteiger partial charge on any atom is -0.484 e. The van der Waals surface area contributed by atoms with Crippen molar-refractivity contribution in [2.24, 2.45) is 0 Å². The van der Waals surface area contributed by atoms with E-state index in [1.54, 1.807) is 0 Å². The van der Waals surface area contributed by atoms with Gasteiger partial charge in [0.15, 0.2) is 13.2 Å². The predicted octanol–water partition coefficient (Wildman–Crippen LogP) is 3.29. The second-order valence-electron chi connectivity index (χ2n) is 8.34. The van der Waals surface area contributed by atoms with Crippen molar-refractivity contribution in [2.45, 2.75) is 40.0 Å². The fourth-order valence-corrected chi connectivity index (χ4v) is 2.79. The molecule has 0 aliphatic rings. The number of hydrogen-bond acceptors (Lipinski definition) is 4. The van der Waals surface area contributed by atoms with Crippen LogP contribution in [0.1, 0.15) is 37.5 Å². The van der Waals surface area contributed by atoms with E-state index in [-0.39, 0.29) is 30.4 Å². The fraction of sp³-hybridized carbons (Fsp3) is 0.417. The highest BCUT2D eigenvalue weighted by Crippen LogP contribution is 2.32. The quantitative estimate of drug-likeness (QED) is 0.620. The summed E-state index contributed by atoms with van der Waals surface area (Å²) in [6.07, 6.45) is 0. The number of aryl methyl sites for hydroxylation is 2. The molecule has 30 heavy (non-hydrogen) atoms. The van der Waals surface area contributed by atoms with Gasteiger partial charge in [0.05, 0.1) is 0 Å². The van der Waals surface area contributed by atoms with Crippen LogP contribution in [-0.2, 0) is 15.0 Å². The molecule has 0 fully saturated rings. The molecule has 0 bridgehead atoms. The van der Waals surface area contributed by atoms with E-state index in [1.165, 1.54) is 0 Å². The van der Waals surface area contributed by atoms with Crippen molar-refractivity contribution in [1.82, 2.24) is 10.6 Å². The van der Waals surface area contributed by atoms with E-state index in [0.717, 1.165) is 16.7 Å². The highest BCUT2D eigenvalue weighted by Gasteiger charge is 2.19. The maximum absolute atomic E-state index is 12.1. The van der Waals surface area contributed by atoms with E-state index < -0.39 is 0 Å². The third kappa shape index (κ3) is 7.78. The summed E-state index contributed by atoms with van der Waals surface area (Å²) in [6, 6.07) is 13.4. The van der Waals surface area contributed by atoms with Gasteiger partial charge in [0.25, 0.3) is 11.8 Å². The second kappa shape index (κ2) is 10.7. The molecule has 0 radical (unpaired) electrons. The molecule has 0 heterocycles. The Balaban J connectivity index is 1.67. The number of benzene rings is 2. The van der Waals surface area contributed by atoms with Crippen LogP contribution in [0.15, 0.2) is 42.5 Å². The summed E-state index contributed by atoms with van der Waals surface area (Å²) in [7, 11) is 0. The summed E-state index contributed by atoms with van der Waals surface area (Å²) in [6.45, 7) is 10.9. The number of carbonyl (C=O) groups is 2. The highest BCUT2D eigenvalue weighted by molar-refractivity contribution is 5.78. The first-order chi connectivity index (χ1) is 14.1. The molecule has 6 heteroatoms. The minimum atomic E-state index is -0.240. The number of hydrogen-bond donors (Lipinski definition) is 2. The van der Waals surface area contributed by atoms with Crippen LogP contribution in [0.5, 0.6) is 11.5 Å². The van der Waals surface area contributed by atoms with Gasteiger partial charge in [0.2, 0.25) is 0 Å². The highest BCUT2D eigenvalue weighted by atomic mass is 16.5. The molecule has 2 N–H and O–H groups in total. The lowest BCUT2D eigenvalue weighted by Gasteiger charge is -2.23. The van der Waals surface area contributed by atoms with E-state index in [9.17, 15) is 9.59 Å². The first-order valence-corrected chi connectivity index (χ1v) is 10.1. The Morgan fingerprint density at radius 3 is 1.90 bits per heavy atom. The van der Waals surface area contributed by atoms with Gasteiger partial charge < -0.3 is 20.1 Å². The average Bonchev–Trinajstić information content (AvgIpc) is 2.69. The SMILES string of the molecule is Cc1ccc(OCC(=O)NCCNC(=O)COc2ccc(C)cc2C(C)(C)C)cc1. The largest absolute Gasteiger partial charge is 0.484 e. The molecule has 0 aromatic heterocycles. The van der Waals surface area contributed by atoms with Crippen LogP contribution in [0.25, 0.3) is 0 Å². The van der Waals surface area contributed by atoms with E-state index in [0.29, 0.717) is 24.6 Å². The second-order valence-corrected chi connectivity index (χ2v) is 8.34. The molecule has 0 unspecified atom stereocenters. The zero-order chi connectivity index (χ0) is 22.1. The van der Waals surface area contributed by atoms with Crippen molar-refractivity contribution in [3.8, 4) is 11.5 Å². The summed E-state index contributed by atoms with van der Waals surface area (Å²) < 4.78 is 11.2. The third-order valence-electron chi connectivity index (χ3n) is 4.46. The summed E-state index contributed by atoms with van der Waals surface area (Å²) in [5, 5.41) is 5.45. The summed E-state index contributed by atoms with van der Waals surface area (Å²) in [5.74, 6) is 0.882. The average molecular weight is 413 g/mol. The Morgan fingerprint density at radius 1 is 0.800 bits per heavy atom. The molecule has 0 spiro atoms. The zero-order valence-corrected chi connectivity index (χ0v) is 18.5. The topological polar surface area (TPSA) is 76.7 Å². The lowest BCUT2D eigenvalue weighted by Crippen LogP contribution is -2.38. The fourth-order valence-electron chi connectivity index (χ4n) is 2.79. The maximum Gasteiger partial charge on any atom is 0.258 e. The molecule has 2 amide bonds. The van der Waals surface area contributed by atoms with Crippen molar-refractivity contribution in [2.75, 3.05) is 26.3 Å². The van der Waals surface area contributed by atoms with Crippen molar-refractivity contribution in [3.63, 3.8) is 0 Å². The first-order valence-electron chi connectivity index (χ1n) is 10.1. The van der Waals surface area contributed by atoms with E-state index in [2.05, 4.69) is 37.5 Å². The zero-order valence-electron chi connectivity index (χ0n) is 18.5. The number of carbonyl (C=O) groups excluding carboxylic acids is 2. The molecule has 0 aliphatic heterocycles. The van der Waals surface area contributed by atoms with Gasteiger partial charge in [0.1, 0.15) is 11.5 Å². The first kappa shape index (κ1) is 23.3. The van der Waals surface area contributed by atoms with Gasteiger partial charge in [-0.05, 0) is 43.0 Å². The predicted molar refractivity (Wildman–Crippen MR) is 118 cm³/mol. The van der Waals surface area contributed by atoms with Gasteiger partial charge >= 0.3 is 0 Å². The van der Waals surface area contributed by atoms with Crippen LogP contribution >= 0.6 is 0 Å². The molecule has 2 aromatic rings. The third-order valence-corrected chi connectivity index (χ3v) is 4.46. The van der Waals surface area contributed by atoms with Crippen molar-refractivity contribution < 1.29 is 19.1 Å². The lowest BCUT2D eigenvalue weighted by molar-refractivity contribution is -0.124. The van der Waals surface area contributed by atoms with Crippen molar-refractivity contribution in [3.05, 3.63) is 59.2 Å². The molecule has 2 aromatic carbocycles. The number of amides is 2. The standard InChI is InChI=1S/C24H32N2O4/c1-17-6-9-19(10-7-17)29-15-22(27)25-12-13-26-23(28)16-30-21-11-8-18(2)14-20(21)24(3,4)5/h6-11,14H,12-13,15-16H2,1-5H3,(H,25,27)(H,26,28). The molecule has 2 rings (SSSR count). The van der Waals surface area contributed by atoms with Crippen LogP contribution in [0.4, 0.5) is 0 Å². The Bertz CT molecular complexity index is 854. The molecule has 0 saturated heterocycles. The maximum atomic E-state index is 12.1. The molecular formula is C24H32N2O4. The van der Waals surface area contributed by atoms with Crippen molar-refractivity contribution >= 4 is 11.8 Å². The van der Waals surface area contributed by atoms with Gasteiger partial charge in [-0.1, -0.05) is 56.2 Å². The Morgan fingerprint density at radius 2 is 1.33 bits per heavy atom. The van der Waals surface area contributed by atoms with Crippen LogP contribution in [-0.4, -0.2) is 38.1 Å². The molecule has 0 atom stereocenters. The van der Waals surface area contributed by atoms with Gasteiger partial charge in [-0.3, -0.25) is 9.59 Å². The smallest absolute Gasteiger partial charge is 0.258 e. The molecular weight excluding hydrogens is 380 g/mol. The van der Waals surface area contributed by atoms with Gasteiger partial charge in [0, 0.05) is 13.1 Å². The van der Waals surface area contributed by atoms with Gasteiger partial charge in [-0.15, -0.1) is 0 Å². The Kier molecular flexibility index (Phi) is 8.27. The van der Waals surface area contributed by atoms with E-state index in [1.807, 2.05) is 50.2 Å². The summed E-state index contributed by atoms with van der Waals surface area (Å²) >= 11 is 0. The molecule has 162 valence electrons.